The van der Waals surface area contributed by atoms with Crippen LogP contribution in [0.4, 0.5) is 0 Å². The Hall–Kier alpha value is -1.82. The molecule has 0 aliphatic heterocycles. The predicted octanol–water partition coefficient (Wildman–Crippen LogP) is 1.51. The molecule has 0 saturated carbocycles. The summed E-state index contributed by atoms with van der Waals surface area (Å²) >= 11 is 0. The monoisotopic (exact) mass is 157 g/mol. The van der Waals surface area contributed by atoms with Gasteiger partial charge in [-0.25, -0.2) is 4.52 Å². The molecule has 2 aromatic heterocycles. The van der Waals surface area contributed by atoms with E-state index in [1.54, 1.807) is 10.7 Å². The molecule has 2 heterocycles. The fourth-order valence-electron chi connectivity index (χ4n) is 1.24. The lowest BCUT2D eigenvalue weighted by Gasteiger charge is -1.99. The molecule has 0 aliphatic rings. The van der Waals surface area contributed by atoms with E-state index in [-0.39, 0.29) is 0 Å². The van der Waals surface area contributed by atoms with Crippen molar-refractivity contribution in [2.75, 3.05) is 0 Å². The van der Waals surface area contributed by atoms with Gasteiger partial charge in [-0.2, -0.15) is 10.4 Å². The largest absolute Gasteiger partial charge is 0.237 e. The molecule has 0 N–H and O–H groups in total. The summed E-state index contributed by atoms with van der Waals surface area (Å²) in [5, 5.41) is 12.8. The normalized spacial score (nSPS) is 10.0. The second-order valence-electron chi connectivity index (χ2n) is 2.61. The topological polar surface area (TPSA) is 41.1 Å². The number of hydrogen-bond acceptors (Lipinski definition) is 2. The minimum atomic E-state index is 0.672. The number of rotatable bonds is 0. The fourth-order valence-corrected chi connectivity index (χ4v) is 1.24. The minimum Gasteiger partial charge on any atom is -0.237 e. The average Bonchev–Trinajstić information content (AvgIpc) is 2.53. The third-order valence-electron chi connectivity index (χ3n) is 1.92. The highest BCUT2D eigenvalue weighted by atomic mass is 15.2. The second kappa shape index (κ2) is 2.35. The maximum Gasteiger partial charge on any atom is 0.101 e. The van der Waals surface area contributed by atoms with Gasteiger partial charge in [0, 0.05) is 6.20 Å². The summed E-state index contributed by atoms with van der Waals surface area (Å²) in [5.74, 6) is 0. The van der Waals surface area contributed by atoms with Gasteiger partial charge in [0.25, 0.3) is 0 Å². The summed E-state index contributed by atoms with van der Waals surface area (Å²) in [5.41, 5.74) is 2.58. The van der Waals surface area contributed by atoms with Crippen molar-refractivity contribution in [2.24, 2.45) is 0 Å². The molecule has 0 amide bonds. The van der Waals surface area contributed by atoms with Gasteiger partial charge in [-0.15, -0.1) is 0 Å². The Bertz CT molecular complexity index is 462. The summed E-state index contributed by atoms with van der Waals surface area (Å²) < 4.78 is 1.76. The van der Waals surface area contributed by atoms with Gasteiger partial charge in [0.05, 0.1) is 16.8 Å². The highest BCUT2D eigenvalue weighted by Gasteiger charge is 2.01. The molecular formula is C9H7N3. The highest BCUT2D eigenvalue weighted by Crippen LogP contribution is 2.09. The Balaban J connectivity index is 2.89. The molecule has 12 heavy (non-hydrogen) atoms. The summed E-state index contributed by atoms with van der Waals surface area (Å²) in [4.78, 5) is 0. The number of nitriles is 1. The van der Waals surface area contributed by atoms with Crippen LogP contribution in [0, 0.1) is 18.3 Å². The minimum absolute atomic E-state index is 0.672. The van der Waals surface area contributed by atoms with Crippen molar-refractivity contribution >= 4 is 5.52 Å². The predicted molar refractivity (Wildman–Crippen MR) is 44.6 cm³/mol. The van der Waals surface area contributed by atoms with E-state index in [1.807, 2.05) is 25.1 Å². The Kier molecular flexibility index (Phi) is 1.34. The van der Waals surface area contributed by atoms with Crippen LogP contribution in [-0.4, -0.2) is 9.61 Å². The van der Waals surface area contributed by atoms with Gasteiger partial charge in [0.2, 0.25) is 0 Å². The van der Waals surface area contributed by atoms with E-state index >= 15 is 0 Å². The van der Waals surface area contributed by atoms with Gasteiger partial charge < -0.3 is 0 Å². The fraction of sp³-hybridized carbons (Fsp3) is 0.111. The van der Waals surface area contributed by atoms with Gasteiger partial charge in [0.15, 0.2) is 0 Å². The lowest BCUT2D eigenvalue weighted by atomic mass is 10.2. The summed E-state index contributed by atoms with van der Waals surface area (Å²) in [7, 11) is 0. The lowest BCUT2D eigenvalue weighted by Crippen LogP contribution is -1.95. The van der Waals surface area contributed by atoms with E-state index in [2.05, 4.69) is 11.2 Å². The highest BCUT2D eigenvalue weighted by molar-refractivity contribution is 5.50. The van der Waals surface area contributed by atoms with Crippen LogP contribution in [0.15, 0.2) is 24.4 Å². The van der Waals surface area contributed by atoms with Crippen LogP contribution in [0.25, 0.3) is 5.52 Å². The van der Waals surface area contributed by atoms with Crippen molar-refractivity contribution in [3.05, 3.63) is 35.7 Å². The maximum atomic E-state index is 8.72. The van der Waals surface area contributed by atoms with E-state index in [9.17, 15) is 0 Å². The van der Waals surface area contributed by atoms with Crippen molar-refractivity contribution < 1.29 is 0 Å². The van der Waals surface area contributed by atoms with E-state index in [0.29, 0.717) is 5.56 Å². The van der Waals surface area contributed by atoms with E-state index < -0.39 is 0 Å². The van der Waals surface area contributed by atoms with E-state index in [4.69, 9.17) is 5.26 Å². The first-order valence-electron chi connectivity index (χ1n) is 3.66. The molecule has 0 aliphatic carbocycles. The van der Waals surface area contributed by atoms with Crippen molar-refractivity contribution in [3.63, 3.8) is 0 Å². The molecule has 0 unspecified atom stereocenters. The van der Waals surface area contributed by atoms with Crippen molar-refractivity contribution in [1.29, 1.82) is 5.26 Å². The molecule has 3 nitrogen and oxygen atoms in total. The SMILES string of the molecule is Cc1c(C#N)ccc2ccnn12. The lowest BCUT2D eigenvalue weighted by molar-refractivity contribution is 0.910. The van der Waals surface area contributed by atoms with Crippen LogP contribution in [0.1, 0.15) is 11.3 Å². The third kappa shape index (κ3) is 0.785. The van der Waals surface area contributed by atoms with Crippen LogP contribution >= 0.6 is 0 Å². The molecule has 2 rings (SSSR count). The van der Waals surface area contributed by atoms with Crippen molar-refractivity contribution in [2.45, 2.75) is 6.92 Å². The molecule has 2 aromatic rings. The first kappa shape index (κ1) is 6.86. The molecular weight excluding hydrogens is 150 g/mol. The number of aryl methyl sites for hydroxylation is 1. The molecule has 0 spiro atoms. The summed E-state index contributed by atoms with van der Waals surface area (Å²) in [6.45, 7) is 1.89. The zero-order valence-electron chi connectivity index (χ0n) is 6.65. The number of pyridine rings is 1. The Labute approximate surface area is 69.9 Å². The van der Waals surface area contributed by atoms with Crippen LogP contribution in [-0.2, 0) is 0 Å². The van der Waals surface area contributed by atoms with Gasteiger partial charge in [-0.1, -0.05) is 0 Å². The van der Waals surface area contributed by atoms with Crippen LogP contribution < -0.4 is 0 Å². The molecule has 0 radical (unpaired) electrons. The first-order chi connectivity index (χ1) is 5.83. The Morgan fingerprint density at radius 3 is 3.00 bits per heavy atom. The zero-order valence-corrected chi connectivity index (χ0v) is 6.65. The molecule has 0 atom stereocenters. The van der Waals surface area contributed by atoms with Gasteiger partial charge >= 0.3 is 0 Å². The van der Waals surface area contributed by atoms with E-state index in [1.165, 1.54) is 0 Å². The second-order valence-corrected chi connectivity index (χ2v) is 2.61. The number of fused-ring (bicyclic) bond motifs is 1. The molecule has 58 valence electrons. The number of hydrogen-bond donors (Lipinski definition) is 0. The average molecular weight is 157 g/mol. The number of nitrogens with zero attached hydrogens (tertiary/aromatic N) is 3. The molecule has 3 heteroatoms. The summed E-state index contributed by atoms with van der Waals surface area (Å²) in [6, 6.07) is 7.73. The maximum absolute atomic E-state index is 8.72. The van der Waals surface area contributed by atoms with Crippen molar-refractivity contribution in [1.82, 2.24) is 9.61 Å². The standard InChI is InChI=1S/C9H7N3/c1-7-8(6-10)2-3-9-4-5-11-12(7)9/h2-5H,1H3. The first-order valence-corrected chi connectivity index (χ1v) is 3.66. The molecule has 0 bridgehead atoms. The Morgan fingerprint density at radius 1 is 1.42 bits per heavy atom. The van der Waals surface area contributed by atoms with Crippen molar-refractivity contribution in [3.8, 4) is 6.07 Å². The zero-order chi connectivity index (χ0) is 8.55. The van der Waals surface area contributed by atoms with Gasteiger partial charge in [0.1, 0.15) is 6.07 Å². The molecule has 0 aromatic carbocycles. The van der Waals surface area contributed by atoms with Crippen LogP contribution in [0.2, 0.25) is 0 Å². The summed E-state index contributed by atoms with van der Waals surface area (Å²) in [6.07, 6.45) is 1.73. The smallest absolute Gasteiger partial charge is 0.101 e. The van der Waals surface area contributed by atoms with Crippen LogP contribution in [0.5, 0.6) is 0 Å². The quantitative estimate of drug-likeness (QED) is 0.581. The van der Waals surface area contributed by atoms with Gasteiger partial charge in [-0.05, 0) is 25.1 Å². The third-order valence-corrected chi connectivity index (χ3v) is 1.92. The van der Waals surface area contributed by atoms with E-state index in [0.717, 1.165) is 11.2 Å². The van der Waals surface area contributed by atoms with Crippen LogP contribution in [0.3, 0.4) is 0 Å². The molecule has 0 saturated heterocycles. The number of aromatic nitrogens is 2. The van der Waals surface area contributed by atoms with Gasteiger partial charge in [-0.3, -0.25) is 0 Å². The Morgan fingerprint density at radius 2 is 2.25 bits per heavy atom. The molecule has 0 fully saturated rings.